The lowest BCUT2D eigenvalue weighted by Crippen LogP contribution is -2.32. The fraction of sp³-hybridized carbons (Fsp3) is 0.769. The number of rotatable bonds is 8. The van der Waals surface area contributed by atoms with E-state index >= 15 is 0 Å². The van der Waals surface area contributed by atoms with E-state index < -0.39 is 11.4 Å². The Morgan fingerprint density at radius 1 is 1.29 bits per heavy atom. The maximum atomic E-state index is 11.9. The number of Topliss-reactive ketones (excluding diaryl/α,β-unsaturated/α-hetero) is 1. The second-order valence-electron chi connectivity index (χ2n) is 4.22. The molecule has 0 aromatic carbocycles. The summed E-state index contributed by atoms with van der Waals surface area (Å²) >= 11 is 0. The summed E-state index contributed by atoms with van der Waals surface area (Å²) in [6.45, 7) is 5.44. The zero-order valence-electron chi connectivity index (χ0n) is 10.9. The third-order valence-electron chi connectivity index (χ3n) is 2.74. The quantitative estimate of drug-likeness (QED) is 0.611. The third-order valence-corrected chi connectivity index (χ3v) is 2.74. The van der Waals surface area contributed by atoms with Gasteiger partial charge in [0.05, 0.1) is 12.7 Å². The zero-order valence-corrected chi connectivity index (χ0v) is 10.9. The average molecular weight is 239 g/mol. The predicted octanol–water partition coefficient (Wildman–Crippen LogP) is 2.62. The summed E-state index contributed by atoms with van der Waals surface area (Å²) < 4.78 is 4.95. The summed E-state index contributed by atoms with van der Waals surface area (Å²) in [7, 11) is 0. The van der Waals surface area contributed by atoms with Crippen molar-refractivity contribution in [2.24, 2.45) is 5.41 Å². The standard InChI is InChI=1S/C13H21NO3/c1-4-6-8-13(10-14,9-7-11(3)15)12(16)17-5-2/h4-9H2,1-3H3. The van der Waals surface area contributed by atoms with Crippen LogP contribution in [0.5, 0.6) is 0 Å². The lowest BCUT2D eigenvalue weighted by Gasteiger charge is -2.23. The van der Waals surface area contributed by atoms with Crippen LogP contribution in [0.2, 0.25) is 0 Å². The van der Waals surface area contributed by atoms with E-state index in [9.17, 15) is 14.9 Å². The first-order valence-electron chi connectivity index (χ1n) is 6.10. The van der Waals surface area contributed by atoms with Gasteiger partial charge in [-0.3, -0.25) is 4.79 Å². The van der Waals surface area contributed by atoms with Crippen LogP contribution in [0.25, 0.3) is 0 Å². The maximum absolute atomic E-state index is 11.9. The lowest BCUT2D eigenvalue weighted by molar-refractivity contribution is -0.152. The summed E-state index contributed by atoms with van der Waals surface area (Å²) in [6.07, 6.45) is 2.66. The number of nitrogens with zero attached hydrogens (tertiary/aromatic N) is 1. The Labute approximate surface area is 103 Å². The number of hydrogen-bond acceptors (Lipinski definition) is 4. The summed E-state index contributed by atoms with van der Waals surface area (Å²) in [4.78, 5) is 22.9. The van der Waals surface area contributed by atoms with Gasteiger partial charge in [-0.25, -0.2) is 0 Å². The Morgan fingerprint density at radius 2 is 1.94 bits per heavy atom. The molecular formula is C13H21NO3. The second kappa shape index (κ2) is 7.83. The van der Waals surface area contributed by atoms with E-state index in [1.807, 2.05) is 6.92 Å². The van der Waals surface area contributed by atoms with Gasteiger partial charge in [0, 0.05) is 6.42 Å². The SMILES string of the molecule is CCCCC(C#N)(CCC(C)=O)C(=O)OCC. The third kappa shape index (κ3) is 4.99. The summed E-state index contributed by atoms with van der Waals surface area (Å²) in [5.74, 6) is -0.498. The molecule has 0 fully saturated rings. The zero-order chi connectivity index (χ0) is 13.3. The molecule has 0 aliphatic rings. The monoisotopic (exact) mass is 239 g/mol. The first-order valence-corrected chi connectivity index (χ1v) is 6.10. The van der Waals surface area contributed by atoms with Gasteiger partial charge in [0.2, 0.25) is 0 Å². The first-order chi connectivity index (χ1) is 8.02. The molecule has 0 aliphatic carbocycles. The van der Waals surface area contributed by atoms with E-state index in [2.05, 4.69) is 6.07 Å². The Kier molecular flexibility index (Phi) is 7.20. The van der Waals surface area contributed by atoms with E-state index in [4.69, 9.17) is 4.74 Å². The van der Waals surface area contributed by atoms with Crippen molar-refractivity contribution in [1.29, 1.82) is 5.26 Å². The minimum Gasteiger partial charge on any atom is -0.465 e. The normalized spacial score (nSPS) is 13.5. The highest BCUT2D eigenvalue weighted by atomic mass is 16.5. The van der Waals surface area contributed by atoms with E-state index in [0.717, 1.165) is 12.8 Å². The number of unbranched alkanes of at least 4 members (excludes halogenated alkanes) is 1. The van der Waals surface area contributed by atoms with Gasteiger partial charge in [0.25, 0.3) is 0 Å². The van der Waals surface area contributed by atoms with Gasteiger partial charge in [0.1, 0.15) is 5.78 Å². The molecule has 96 valence electrons. The molecule has 0 amide bonds. The smallest absolute Gasteiger partial charge is 0.326 e. The summed E-state index contributed by atoms with van der Waals surface area (Å²) in [5, 5.41) is 9.25. The molecule has 0 bridgehead atoms. The van der Waals surface area contributed by atoms with E-state index in [1.165, 1.54) is 6.92 Å². The van der Waals surface area contributed by atoms with E-state index in [0.29, 0.717) is 6.42 Å². The van der Waals surface area contributed by atoms with Crippen LogP contribution in [0, 0.1) is 16.7 Å². The van der Waals surface area contributed by atoms with Gasteiger partial charge >= 0.3 is 5.97 Å². The number of nitriles is 1. The highest BCUT2D eigenvalue weighted by Crippen LogP contribution is 2.31. The molecule has 0 aromatic rings. The molecule has 17 heavy (non-hydrogen) atoms. The number of hydrogen-bond donors (Lipinski definition) is 0. The Hall–Kier alpha value is -1.37. The van der Waals surface area contributed by atoms with Crippen LogP contribution in [0.3, 0.4) is 0 Å². The number of ketones is 1. The largest absolute Gasteiger partial charge is 0.465 e. The van der Waals surface area contributed by atoms with Crippen LogP contribution < -0.4 is 0 Å². The van der Waals surface area contributed by atoms with Crippen LogP contribution in [0.1, 0.15) is 52.9 Å². The molecule has 0 N–H and O–H groups in total. The minimum atomic E-state index is -1.14. The van der Waals surface area contributed by atoms with Gasteiger partial charge in [0.15, 0.2) is 5.41 Å². The highest BCUT2D eigenvalue weighted by molar-refractivity contribution is 5.82. The second-order valence-corrected chi connectivity index (χ2v) is 4.22. The molecule has 0 heterocycles. The number of carbonyl (C=O) groups excluding carboxylic acids is 2. The van der Waals surface area contributed by atoms with Crippen molar-refractivity contribution in [3.63, 3.8) is 0 Å². The molecule has 0 saturated heterocycles. The van der Waals surface area contributed by atoms with Crippen LogP contribution >= 0.6 is 0 Å². The van der Waals surface area contributed by atoms with Gasteiger partial charge in [-0.15, -0.1) is 0 Å². The highest BCUT2D eigenvalue weighted by Gasteiger charge is 2.39. The van der Waals surface area contributed by atoms with Crippen molar-refractivity contribution in [2.75, 3.05) is 6.61 Å². The van der Waals surface area contributed by atoms with Crippen LogP contribution in [-0.2, 0) is 14.3 Å². The Morgan fingerprint density at radius 3 is 2.35 bits per heavy atom. The number of carbonyl (C=O) groups is 2. The molecule has 0 saturated carbocycles. The van der Waals surface area contributed by atoms with Crippen molar-refractivity contribution in [2.45, 2.75) is 52.9 Å². The van der Waals surface area contributed by atoms with Gasteiger partial charge in [-0.1, -0.05) is 19.8 Å². The van der Waals surface area contributed by atoms with Crippen LogP contribution in [-0.4, -0.2) is 18.4 Å². The van der Waals surface area contributed by atoms with Gasteiger partial charge in [-0.05, 0) is 26.7 Å². The van der Waals surface area contributed by atoms with Gasteiger partial charge in [-0.2, -0.15) is 5.26 Å². The molecule has 0 aliphatic heterocycles. The van der Waals surface area contributed by atoms with Crippen molar-refractivity contribution in [3.8, 4) is 6.07 Å². The van der Waals surface area contributed by atoms with Crippen LogP contribution in [0.15, 0.2) is 0 Å². The molecule has 1 unspecified atom stereocenters. The summed E-state index contributed by atoms with van der Waals surface area (Å²) in [5.41, 5.74) is -1.14. The number of esters is 1. The average Bonchev–Trinajstić information content (AvgIpc) is 2.30. The van der Waals surface area contributed by atoms with Crippen molar-refractivity contribution >= 4 is 11.8 Å². The Balaban J connectivity index is 4.80. The molecule has 4 heteroatoms. The molecule has 0 spiro atoms. The molecule has 1 atom stereocenters. The molecule has 0 radical (unpaired) electrons. The van der Waals surface area contributed by atoms with Crippen molar-refractivity contribution in [3.05, 3.63) is 0 Å². The van der Waals surface area contributed by atoms with E-state index in [-0.39, 0.29) is 25.2 Å². The van der Waals surface area contributed by atoms with Crippen molar-refractivity contribution in [1.82, 2.24) is 0 Å². The van der Waals surface area contributed by atoms with Crippen LogP contribution in [0.4, 0.5) is 0 Å². The fourth-order valence-electron chi connectivity index (χ4n) is 1.62. The lowest BCUT2D eigenvalue weighted by atomic mass is 9.79. The Bertz CT molecular complexity index is 306. The van der Waals surface area contributed by atoms with Gasteiger partial charge < -0.3 is 9.53 Å². The summed E-state index contributed by atoms with van der Waals surface area (Å²) in [6, 6.07) is 2.06. The first kappa shape index (κ1) is 15.6. The fourth-order valence-corrected chi connectivity index (χ4v) is 1.62. The molecular weight excluding hydrogens is 218 g/mol. The molecule has 0 rings (SSSR count). The predicted molar refractivity (Wildman–Crippen MR) is 64.1 cm³/mol. The van der Waals surface area contributed by atoms with E-state index in [1.54, 1.807) is 6.92 Å². The maximum Gasteiger partial charge on any atom is 0.326 e. The minimum absolute atomic E-state index is 0.00887. The topological polar surface area (TPSA) is 67.2 Å². The van der Waals surface area contributed by atoms with Crippen molar-refractivity contribution < 1.29 is 14.3 Å². The number of ether oxygens (including phenoxy) is 1. The molecule has 4 nitrogen and oxygen atoms in total. The molecule has 0 aromatic heterocycles.